The Morgan fingerprint density at radius 3 is 2.58 bits per heavy atom. The molecule has 1 unspecified atom stereocenters. The van der Waals surface area contributed by atoms with Gasteiger partial charge in [0.15, 0.2) is 0 Å². The molecule has 0 bridgehead atoms. The average molecular weight is 279 g/mol. The molecule has 1 N–H and O–H groups in total. The second kappa shape index (κ2) is 6.76. The summed E-state index contributed by atoms with van der Waals surface area (Å²) < 4.78 is 0. The molecule has 0 fully saturated rings. The zero-order valence-electron chi connectivity index (χ0n) is 10.9. The summed E-state index contributed by atoms with van der Waals surface area (Å²) in [5.74, 6) is -0.939. The zero-order valence-corrected chi connectivity index (χ0v) is 11.7. The van der Waals surface area contributed by atoms with E-state index >= 15 is 0 Å². The predicted octanol–water partition coefficient (Wildman–Crippen LogP) is 4.27. The number of carbonyl (C=O) groups is 1. The first-order valence-electron chi connectivity index (χ1n) is 6.82. The van der Waals surface area contributed by atoms with Crippen molar-refractivity contribution in [3.63, 3.8) is 0 Å². The minimum atomic E-state index is -0.939. The van der Waals surface area contributed by atoms with E-state index in [1.807, 2.05) is 0 Å². The first kappa shape index (κ1) is 14.1. The summed E-state index contributed by atoms with van der Waals surface area (Å²) >= 11 is 5.71. The molecule has 1 aromatic carbocycles. The van der Waals surface area contributed by atoms with E-state index in [9.17, 15) is 4.79 Å². The van der Waals surface area contributed by atoms with Crippen LogP contribution in [0.15, 0.2) is 30.3 Å². The number of hydrogen-bond acceptors (Lipinski definition) is 1. The minimum Gasteiger partial charge on any atom is -0.480 e. The molecule has 2 rings (SSSR count). The van der Waals surface area contributed by atoms with Crippen LogP contribution in [0.1, 0.15) is 43.2 Å². The largest absolute Gasteiger partial charge is 0.480 e. The Morgan fingerprint density at radius 2 is 2.00 bits per heavy atom. The Morgan fingerprint density at radius 1 is 1.26 bits per heavy atom. The van der Waals surface area contributed by atoms with Crippen LogP contribution in [-0.4, -0.2) is 16.5 Å². The Kier molecular flexibility index (Phi) is 5.03. The monoisotopic (exact) mass is 278 g/mol. The van der Waals surface area contributed by atoms with E-state index in [1.165, 1.54) is 36.8 Å². The maximum absolute atomic E-state index is 10.6. The fourth-order valence-electron chi connectivity index (χ4n) is 2.40. The molecule has 1 aromatic rings. The van der Waals surface area contributed by atoms with E-state index in [2.05, 4.69) is 30.3 Å². The molecule has 102 valence electrons. The molecule has 1 aliphatic carbocycles. The number of allylic oxidation sites excluding steroid dienone is 2. The molecule has 19 heavy (non-hydrogen) atoms. The normalized spacial score (nSPS) is 16.8. The van der Waals surface area contributed by atoms with E-state index in [0.717, 1.165) is 5.56 Å². The van der Waals surface area contributed by atoms with Crippen LogP contribution in [0.25, 0.3) is 5.57 Å². The van der Waals surface area contributed by atoms with Crippen molar-refractivity contribution in [1.82, 2.24) is 0 Å². The highest BCUT2D eigenvalue weighted by molar-refractivity contribution is 6.29. The lowest BCUT2D eigenvalue weighted by molar-refractivity contribution is -0.136. The van der Waals surface area contributed by atoms with Gasteiger partial charge >= 0.3 is 5.97 Å². The van der Waals surface area contributed by atoms with Crippen LogP contribution in [0.4, 0.5) is 0 Å². The number of alkyl halides is 1. The van der Waals surface area contributed by atoms with Crippen molar-refractivity contribution in [2.24, 2.45) is 0 Å². The van der Waals surface area contributed by atoms with E-state index in [1.54, 1.807) is 0 Å². The summed E-state index contributed by atoms with van der Waals surface area (Å²) in [5, 5.41) is 7.94. The quantitative estimate of drug-likeness (QED) is 0.817. The highest BCUT2D eigenvalue weighted by Crippen LogP contribution is 2.26. The second-order valence-electron chi connectivity index (χ2n) is 5.02. The minimum absolute atomic E-state index is 0.471. The van der Waals surface area contributed by atoms with Gasteiger partial charge in [0.05, 0.1) is 0 Å². The van der Waals surface area contributed by atoms with E-state index in [-0.39, 0.29) is 0 Å². The third-order valence-corrected chi connectivity index (χ3v) is 3.98. The first-order valence-corrected chi connectivity index (χ1v) is 7.25. The summed E-state index contributed by atoms with van der Waals surface area (Å²) in [6.07, 6.45) is 8.44. The van der Waals surface area contributed by atoms with Gasteiger partial charge in [0, 0.05) is 0 Å². The van der Waals surface area contributed by atoms with Crippen molar-refractivity contribution in [2.45, 2.75) is 43.9 Å². The number of halogens is 1. The number of aliphatic carboxylic acids is 1. The molecule has 0 aliphatic heterocycles. The van der Waals surface area contributed by atoms with Crippen LogP contribution < -0.4 is 0 Å². The van der Waals surface area contributed by atoms with Gasteiger partial charge < -0.3 is 5.11 Å². The maximum atomic E-state index is 10.6. The van der Waals surface area contributed by atoms with Gasteiger partial charge in [-0.3, -0.25) is 4.79 Å². The highest BCUT2D eigenvalue weighted by Gasteiger charge is 2.13. The van der Waals surface area contributed by atoms with Crippen LogP contribution >= 0.6 is 11.6 Å². The number of benzene rings is 1. The number of carboxylic acids is 1. The predicted molar refractivity (Wildman–Crippen MR) is 78.5 cm³/mol. The smallest absolute Gasteiger partial charge is 0.321 e. The second-order valence-corrected chi connectivity index (χ2v) is 5.54. The summed E-state index contributed by atoms with van der Waals surface area (Å²) in [6.45, 7) is 0. The van der Waals surface area contributed by atoms with Gasteiger partial charge in [-0.2, -0.15) is 0 Å². The molecule has 0 radical (unpaired) electrons. The highest BCUT2D eigenvalue weighted by atomic mass is 35.5. The summed E-state index contributed by atoms with van der Waals surface area (Å²) in [4.78, 5) is 10.6. The fourth-order valence-corrected chi connectivity index (χ4v) is 2.51. The van der Waals surface area contributed by atoms with Crippen molar-refractivity contribution < 1.29 is 9.90 Å². The van der Waals surface area contributed by atoms with Gasteiger partial charge in [0.2, 0.25) is 0 Å². The Bertz CT molecular complexity index is 462. The van der Waals surface area contributed by atoms with Gasteiger partial charge in [-0.15, -0.1) is 11.6 Å². The van der Waals surface area contributed by atoms with E-state index in [4.69, 9.17) is 16.7 Å². The molecule has 0 amide bonds. The van der Waals surface area contributed by atoms with Crippen LogP contribution in [0.2, 0.25) is 0 Å². The van der Waals surface area contributed by atoms with Crippen molar-refractivity contribution in [3.05, 3.63) is 41.5 Å². The summed E-state index contributed by atoms with van der Waals surface area (Å²) in [5.41, 5.74) is 3.88. The van der Waals surface area contributed by atoms with Crippen molar-refractivity contribution in [3.8, 4) is 0 Å². The first-order chi connectivity index (χ1) is 9.16. The molecule has 0 saturated carbocycles. The molecule has 3 heteroatoms. The lowest BCUT2D eigenvalue weighted by Gasteiger charge is -2.13. The summed E-state index contributed by atoms with van der Waals surface area (Å²) in [6, 6.07) is 8.43. The molecule has 1 aliphatic rings. The SMILES string of the molecule is O=C(O)C(Cl)CCc1ccc(C2=CCCCC2)cc1. The van der Waals surface area contributed by atoms with Gasteiger partial charge in [0.25, 0.3) is 0 Å². The number of carboxylic acid groups (broad SMARTS) is 1. The molecule has 0 heterocycles. The maximum Gasteiger partial charge on any atom is 0.321 e. The van der Waals surface area contributed by atoms with Crippen LogP contribution in [0.3, 0.4) is 0 Å². The number of rotatable bonds is 5. The topological polar surface area (TPSA) is 37.3 Å². The van der Waals surface area contributed by atoms with Crippen LogP contribution in [0.5, 0.6) is 0 Å². The molecule has 0 saturated heterocycles. The van der Waals surface area contributed by atoms with E-state index < -0.39 is 11.3 Å². The Hall–Kier alpha value is -1.28. The van der Waals surface area contributed by atoms with Gasteiger partial charge in [-0.1, -0.05) is 30.3 Å². The molecular weight excluding hydrogens is 260 g/mol. The van der Waals surface area contributed by atoms with Gasteiger partial charge in [0.1, 0.15) is 5.38 Å². The van der Waals surface area contributed by atoms with Crippen LogP contribution in [-0.2, 0) is 11.2 Å². The van der Waals surface area contributed by atoms with Crippen LogP contribution in [0, 0.1) is 0 Å². The number of hydrogen-bond donors (Lipinski definition) is 1. The van der Waals surface area contributed by atoms with Crippen molar-refractivity contribution >= 4 is 23.1 Å². The molecule has 0 aromatic heterocycles. The molecule has 2 nitrogen and oxygen atoms in total. The average Bonchev–Trinajstić information content (AvgIpc) is 2.46. The third-order valence-electron chi connectivity index (χ3n) is 3.57. The lowest BCUT2D eigenvalue weighted by Crippen LogP contribution is -2.13. The molecule has 1 atom stereocenters. The number of aryl methyl sites for hydroxylation is 1. The fraction of sp³-hybridized carbons (Fsp3) is 0.438. The summed E-state index contributed by atoms with van der Waals surface area (Å²) in [7, 11) is 0. The van der Waals surface area contributed by atoms with Gasteiger partial charge in [-0.25, -0.2) is 0 Å². The molecule has 0 spiro atoms. The Balaban J connectivity index is 1.94. The van der Waals surface area contributed by atoms with Gasteiger partial charge in [-0.05, 0) is 55.2 Å². The molecular formula is C16H19ClO2. The lowest BCUT2D eigenvalue weighted by atomic mass is 9.93. The zero-order chi connectivity index (χ0) is 13.7. The third kappa shape index (κ3) is 4.10. The van der Waals surface area contributed by atoms with Crippen molar-refractivity contribution in [1.29, 1.82) is 0 Å². The Labute approximate surface area is 119 Å². The van der Waals surface area contributed by atoms with Crippen molar-refractivity contribution in [2.75, 3.05) is 0 Å². The van der Waals surface area contributed by atoms with E-state index in [0.29, 0.717) is 12.8 Å². The standard InChI is InChI=1S/C16H19ClO2/c17-15(16(18)19)11-8-12-6-9-14(10-7-12)13-4-2-1-3-5-13/h4,6-7,9-10,15H,1-3,5,8,11H2,(H,18,19).